The first-order valence-electron chi connectivity index (χ1n) is 10.6. The lowest BCUT2D eigenvalue weighted by molar-refractivity contribution is -0.132. The molecular formula is C26H22N2O5. The van der Waals surface area contributed by atoms with Crippen LogP contribution in [0.5, 0.6) is 11.5 Å². The van der Waals surface area contributed by atoms with Gasteiger partial charge in [-0.3, -0.25) is 19.5 Å². The first kappa shape index (κ1) is 20.8. The second-order valence-corrected chi connectivity index (χ2v) is 8.05. The molecule has 3 heterocycles. The van der Waals surface area contributed by atoms with Crippen LogP contribution in [0.15, 0.2) is 72.4 Å². The van der Waals surface area contributed by atoms with Crippen LogP contribution in [0.3, 0.4) is 0 Å². The zero-order valence-electron chi connectivity index (χ0n) is 18.2. The molecule has 0 bridgehead atoms. The molecule has 2 unspecified atom stereocenters. The Balaban J connectivity index is 1.70. The molecule has 0 saturated carbocycles. The maximum absolute atomic E-state index is 13.3. The lowest BCUT2D eigenvalue weighted by atomic mass is 9.96. The number of para-hydroxylation sites is 2. The van der Waals surface area contributed by atoms with Crippen molar-refractivity contribution >= 4 is 23.1 Å². The van der Waals surface area contributed by atoms with Crippen LogP contribution in [0.4, 0.5) is 5.69 Å². The highest BCUT2D eigenvalue weighted by atomic mass is 16.5. The van der Waals surface area contributed by atoms with E-state index >= 15 is 0 Å². The average Bonchev–Trinajstić information content (AvgIpc) is 3.34. The number of ether oxygens (including phenoxy) is 2. The summed E-state index contributed by atoms with van der Waals surface area (Å²) in [6.07, 6.45) is 2.34. The van der Waals surface area contributed by atoms with Crippen molar-refractivity contribution in [2.45, 2.75) is 25.5 Å². The number of ketones is 1. The van der Waals surface area contributed by atoms with Gasteiger partial charge in [-0.1, -0.05) is 18.2 Å². The molecule has 2 aliphatic rings. The predicted octanol–water partition coefficient (Wildman–Crippen LogP) is 4.04. The minimum absolute atomic E-state index is 0.0171. The molecule has 0 aliphatic carbocycles. The summed E-state index contributed by atoms with van der Waals surface area (Å²) in [5.41, 5.74) is 2.26. The van der Waals surface area contributed by atoms with E-state index < -0.39 is 17.7 Å². The number of amides is 1. The zero-order valence-corrected chi connectivity index (χ0v) is 18.2. The molecule has 2 atom stereocenters. The van der Waals surface area contributed by atoms with E-state index in [0.717, 1.165) is 11.3 Å². The summed E-state index contributed by atoms with van der Waals surface area (Å²) in [5, 5.41) is 11.3. The van der Waals surface area contributed by atoms with Crippen LogP contribution in [0.2, 0.25) is 0 Å². The van der Waals surface area contributed by atoms with E-state index in [1.165, 1.54) is 12.0 Å². The third-order valence-electron chi connectivity index (χ3n) is 5.93. The van der Waals surface area contributed by atoms with E-state index in [1.54, 1.807) is 66.9 Å². The zero-order chi connectivity index (χ0) is 23.1. The summed E-state index contributed by atoms with van der Waals surface area (Å²) in [6, 6.07) is 16.6. The number of carbonyl (C=O) groups is 2. The van der Waals surface area contributed by atoms with Crippen molar-refractivity contribution in [3.63, 3.8) is 0 Å². The molecule has 33 heavy (non-hydrogen) atoms. The lowest BCUT2D eigenvalue weighted by Gasteiger charge is -2.26. The average molecular weight is 442 g/mol. The summed E-state index contributed by atoms with van der Waals surface area (Å²) in [4.78, 5) is 32.3. The van der Waals surface area contributed by atoms with Gasteiger partial charge in [0.25, 0.3) is 11.7 Å². The highest BCUT2D eigenvalue weighted by molar-refractivity contribution is 6.51. The Labute approximate surface area is 190 Å². The number of methoxy groups -OCH3 is 1. The highest BCUT2D eigenvalue weighted by Gasteiger charge is 2.48. The van der Waals surface area contributed by atoms with Crippen LogP contribution in [0, 0.1) is 0 Å². The number of fused-ring (bicyclic) bond motifs is 1. The Kier molecular flexibility index (Phi) is 5.09. The third-order valence-corrected chi connectivity index (χ3v) is 5.93. The smallest absolute Gasteiger partial charge is 0.300 e. The van der Waals surface area contributed by atoms with E-state index in [0.29, 0.717) is 29.1 Å². The summed E-state index contributed by atoms with van der Waals surface area (Å²) in [5.74, 6) is -0.587. The SMILES string of the molecule is COc1ccccc1N1C(=O)C(=O)/C(=C(\O)c2ccc3c(c2)CC(C)O3)C1c1ccccn1. The van der Waals surface area contributed by atoms with Crippen LogP contribution in [-0.2, 0) is 16.0 Å². The second-order valence-electron chi connectivity index (χ2n) is 8.05. The first-order chi connectivity index (χ1) is 16.0. The van der Waals surface area contributed by atoms with Gasteiger partial charge >= 0.3 is 0 Å². The predicted molar refractivity (Wildman–Crippen MR) is 122 cm³/mol. The van der Waals surface area contributed by atoms with Crippen molar-refractivity contribution in [3.05, 3.63) is 89.3 Å². The first-order valence-corrected chi connectivity index (χ1v) is 10.6. The van der Waals surface area contributed by atoms with E-state index in [2.05, 4.69) is 4.98 Å². The topological polar surface area (TPSA) is 89.0 Å². The van der Waals surface area contributed by atoms with Gasteiger partial charge in [-0.2, -0.15) is 0 Å². The quantitative estimate of drug-likeness (QED) is 0.373. The molecule has 1 saturated heterocycles. The summed E-state index contributed by atoms with van der Waals surface area (Å²) in [7, 11) is 1.50. The number of nitrogens with zero attached hydrogens (tertiary/aromatic N) is 2. The number of pyridine rings is 1. The van der Waals surface area contributed by atoms with Gasteiger partial charge in [0.2, 0.25) is 0 Å². The number of carbonyl (C=O) groups excluding carboxylic acids is 2. The summed E-state index contributed by atoms with van der Waals surface area (Å²) < 4.78 is 11.2. The standard InChI is InChI=1S/C26H22N2O5/c1-15-13-17-14-16(10-11-20(17)33-15)24(29)22-23(18-7-5-6-12-27-18)28(26(31)25(22)30)19-8-3-4-9-21(19)32-2/h3-12,14-15,23,29H,13H2,1-2H3/b24-22-. The molecule has 0 radical (unpaired) electrons. The number of aliphatic hydroxyl groups is 1. The van der Waals surface area contributed by atoms with Crippen molar-refractivity contribution in [2.75, 3.05) is 12.0 Å². The number of anilines is 1. The Morgan fingerprint density at radius 1 is 1.12 bits per heavy atom. The Hall–Kier alpha value is -4.13. The Morgan fingerprint density at radius 3 is 2.67 bits per heavy atom. The van der Waals surface area contributed by atoms with Gasteiger partial charge in [0.05, 0.1) is 24.1 Å². The number of Topliss-reactive ketones (excluding diaryl/α,β-unsaturated/α-hetero) is 1. The van der Waals surface area contributed by atoms with Gasteiger partial charge in [-0.05, 0) is 55.0 Å². The maximum Gasteiger partial charge on any atom is 0.300 e. The maximum atomic E-state index is 13.3. The van der Waals surface area contributed by atoms with E-state index in [-0.39, 0.29) is 17.4 Å². The van der Waals surface area contributed by atoms with Gasteiger partial charge in [-0.25, -0.2) is 0 Å². The van der Waals surface area contributed by atoms with Gasteiger partial charge in [0.1, 0.15) is 29.4 Å². The van der Waals surface area contributed by atoms with Crippen LogP contribution in [-0.4, -0.2) is 35.0 Å². The van der Waals surface area contributed by atoms with Crippen LogP contribution >= 0.6 is 0 Å². The van der Waals surface area contributed by atoms with Gasteiger partial charge < -0.3 is 14.6 Å². The fourth-order valence-electron chi connectivity index (χ4n) is 4.45. The Bertz CT molecular complexity index is 1280. The fourth-order valence-corrected chi connectivity index (χ4v) is 4.45. The highest BCUT2D eigenvalue weighted by Crippen LogP contribution is 2.44. The molecule has 1 aromatic heterocycles. The molecule has 166 valence electrons. The van der Waals surface area contributed by atoms with E-state index in [4.69, 9.17) is 9.47 Å². The fraction of sp³-hybridized carbons (Fsp3) is 0.192. The van der Waals surface area contributed by atoms with Gasteiger partial charge in [0, 0.05) is 18.2 Å². The van der Waals surface area contributed by atoms with Crippen molar-refractivity contribution < 1.29 is 24.2 Å². The normalized spacial score (nSPS) is 21.1. The van der Waals surface area contributed by atoms with E-state index in [9.17, 15) is 14.7 Å². The summed E-state index contributed by atoms with van der Waals surface area (Å²) >= 11 is 0. The number of aliphatic hydroxyl groups excluding tert-OH is 1. The molecule has 1 amide bonds. The van der Waals surface area contributed by atoms with Crippen LogP contribution < -0.4 is 14.4 Å². The van der Waals surface area contributed by atoms with Crippen LogP contribution in [0.25, 0.3) is 5.76 Å². The van der Waals surface area contributed by atoms with Crippen molar-refractivity contribution in [1.29, 1.82) is 0 Å². The number of benzene rings is 2. The molecule has 5 rings (SSSR count). The number of aromatic nitrogens is 1. The molecule has 1 N–H and O–H groups in total. The van der Waals surface area contributed by atoms with Crippen molar-refractivity contribution in [3.8, 4) is 11.5 Å². The minimum atomic E-state index is -0.911. The third kappa shape index (κ3) is 3.42. The molecule has 0 spiro atoms. The monoisotopic (exact) mass is 442 g/mol. The molecule has 2 aliphatic heterocycles. The van der Waals surface area contributed by atoms with Gasteiger partial charge in [-0.15, -0.1) is 0 Å². The lowest BCUT2D eigenvalue weighted by Crippen LogP contribution is -2.30. The largest absolute Gasteiger partial charge is 0.507 e. The number of hydrogen-bond donors (Lipinski definition) is 1. The number of hydrogen-bond acceptors (Lipinski definition) is 6. The minimum Gasteiger partial charge on any atom is -0.507 e. The Morgan fingerprint density at radius 2 is 1.91 bits per heavy atom. The molecule has 7 heteroatoms. The van der Waals surface area contributed by atoms with Gasteiger partial charge in [0.15, 0.2) is 0 Å². The summed E-state index contributed by atoms with van der Waals surface area (Å²) in [6.45, 7) is 1.97. The molecule has 1 fully saturated rings. The molecule has 2 aromatic carbocycles. The molecule has 3 aromatic rings. The van der Waals surface area contributed by atoms with Crippen molar-refractivity contribution in [2.24, 2.45) is 0 Å². The second kappa shape index (κ2) is 8.09. The van der Waals surface area contributed by atoms with E-state index in [1.807, 2.05) is 6.92 Å². The molecular weight excluding hydrogens is 420 g/mol. The number of rotatable bonds is 4. The van der Waals surface area contributed by atoms with Crippen LogP contribution in [0.1, 0.15) is 29.8 Å². The molecule has 7 nitrogen and oxygen atoms in total. The van der Waals surface area contributed by atoms with Crippen molar-refractivity contribution in [1.82, 2.24) is 4.98 Å².